The first-order chi connectivity index (χ1) is 15.4. The number of hydrogen-bond acceptors (Lipinski definition) is 4. The molecule has 0 spiro atoms. The summed E-state index contributed by atoms with van der Waals surface area (Å²) in [6.45, 7) is 5.46. The van der Waals surface area contributed by atoms with Crippen molar-refractivity contribution in [2.45, 2.75) is 49.8 Å². The van der Waals surface area contributed by atoms with Gasteiger partial charge in [-0.15, -0.1) is 0 Å². The van der Waals surface area contributed by atoms with E-state index in [1.165, 1.54) is 12.1 Å². The lowest BCUT2D eigenvalue weighted by molar-refractivity contribution is -0.128. The van der Waals surface area contributed by atoms with Crippen molar-refractivity contribution in [1.82, 2.24) is 4.90 Å². The van der Waals surface area contributed by atoms with Gasteiger partial charge in [-0.05, 0) is 61.4 Å². The van der Waals surface area contributed by atoms with Crippen LogP contribution in [-0.4, -0.2) is 40.9 Å². The van der Waals surface area contributed by atoms with Gasteiger partial charge >= 0.3 is 0 Å². The molecule has 2 aliphatic rings. The summed E-state index contributed by atoms with van der Waals surface area (Å²) in [7, 11) is 0. The molecule has 2 unspecified atom stereocenters. The number of nitrogens with zero attached hydrogens (tertiary/aromatic N) is 2. The van der Waals surface area contributed by atoms with Gasteiger partial charge in [0.15, 0.2) is 0 Å². The molecule has 32 heavy (non-hydrogen) atoms. The van der Waals surface area contributed by atoms with E-state index in [-0.39, 0.29) is 17.8 Å². The minimum absolute atomic E-state index is 0.0114. The average molecular weight is 452 g/mol. The maximum Gasteiger partial charge on any atom is 0.253 e. The summed E-state index contributed by atoms with van der Waals surface area (Å²) in [6.07, 6.45) is 5.99. The molecule has 4 nitrogen and oxygen atoms in total. The highest BCUT2D eigenvalue weighted by molar-refractivity contribution is 7.82. The van der Waals surface area contributed by atoms with Crippen LogP contribution < -0.4 is 5.32 Å². The van der Waals surface area contributed by atoms with E-state index in [0.29, 0.717) is 24.6 Å². The number of anilines is 1. The van der Waals surface area contributed by atoms with Gasteiger partial charge in [-0.2, -0.15) is 12.6 Å². The van der Waals surface area contributed by atoms with Crippen molar-refractivity contribution in [3.05, 3.63) is 77.2 Å². The Morgan fingerprint density at radius 3 is 2.53 bits per heavy atom. The number of benzene rings is 2. The largest absolute Gasteiger partial charge is 0.376 e. The van der Waals surface area contributed by atoms with Crippen LogP contribution >= 0.6 is 12.6 Å². The van der Waals surface area contributed by atoms with Crippen LogP contribution in [0.15, 0.2) is 65.3 Å². The normalized spacial score (nSPS) is 23.7. The fourth-order valence-corrected chi connectivity index (χ4v) is 4.84. The summed E-state index contributed by atoms with van der Waals surface area (Å²) >= 11 is 4.94. The summed E-state index contributed by atoms with van der Waals surface area (Å²) in [5.74, 6) is 0.139. The maximum absolute atomic E-state index is 13.6. The molecule has 1 saturated heterocycles. The molecule has 0 radical (unpaired) electrons. The van der Waals surface area contributed by atoms with Gasteiger partial charge in [0, 0.05) is 31.2 Å². The summed E-state index contributed by atoms with van der Waals surface area (Å²) in [5, 5.41) is 3.58. The van der Waals surface area contributed by atoms with Crippen LogP contribution in [0.1, 0.15) is 43.2 Å². The Morgan fingerprint density at radius 2 is 1.88 bits per heavy atom. The number of aliphatic imine (C=N–C) groups is 1. The predicted octanol–water partition coefficient (Wildman–Crippen LogP) is 5.37. The summed E-state index contributed by atoms with van der Waals surface area (Å²) in [6, 6.07) is 14.5. The van der Waals surface area contributed by atoms with E-state index in [9.17, 15) is 9.18 Å². The van der Waals surface area contributed by atoms with Crippen molar-refractivity contribution < 1.29 is 9.18 Å². The Labute approximate surface area is 195 Å². The molecule has 2 heterocycles. The lowest BCUT2D eigenvalue weighted by atomic mass is 9.86. The van der Waals surface area contributed by atoms with Crippen molar-refractivity contribution >= 4 is 30.4 Å². The van der Waals surface area contributed by atoms with Crippen molar-refractivity contribution in [3.63, 3.8) is 0 Å². The van der Waals surface area contributed by atoms with Crippen LogP contribution in [0.2, 0.25) is 0 Å². The molecule has 1 N–H and O–H groups in total. The molecule has 0 aromatic heterocycles. The molecular formula is C26H30FN3OS. The number of rotatable bonds is 5. The van der Waals surface area contributed by atoms with E-state index in [0.717, 1.165) is 36.1 Å². The van der Waals surface area contributed by atoms with Crippen LogP contribution in [0, 0.1) is 12.7 Å². The van der Waals surface area contributed by atoms with Gasteiger partial charge in [-0.25, -0.2) is 4.39 Å². The molecule has 0 saturated carbocycles. The van der Waals surface area contributed by atoms with E-state index < -0.39 is 4.75 Å². The van der Waals surface area contributed by atoms with E-state index in [1.54, 1.807) is 6.20 Å². The number of aryl methyl sites for hydroxylation is 1. The summed E-state index contributed by atoms with van der Waals surface area (Å²) in [5.41, 5.74) is 3.90. The second-order valence-corrected chi connectivity index (χ2v) is 9.55. The van der Waals surface area contributed by atoms with Gasteiger partial charge in [-0.1, -0.05) is 37.3 Å². The highest BCUT2D eigenvalue weighted by Crippen LogP contribution is 2.35. The summed E-state index contributed by atoms with van der Waals surface area (Å²) < 4.78 is 12.7. The van der Waals surface area contributed by atoms with E-state index in [4.69, 9.17) is 12.6 Å². The molecule has 4 rings (SSSR count). The predicted molar refractivity (Wildman–Crippen MR) is 132 cm³/mol. The fourth-order valence-electron chi connectivity index (χ4n) is 4.57. The highest BCUT2D eigenvalue weighted by atomic mass is 32.1. The molecule has 6 heteroatoms. The number of amides is 1. The lowest BCUT2D eigenvalue weighted by Crippen LogP contribution is -2.51. The number of thiol groups is 1. The molecule has 0 bridgehead atoms. The second-order valence-electron chi connectivity index (χ2n) is 8.72. The van der Waals surface area contributed by atoms with E-state index >= 15 is 0 Å². The smallest absolute Gasteiger partial charge is 0.253 e. The monoisotopic (exact) mass is 451 g/mol. The van der Waals surface area contributed by atoms with E-state index in [1.807, 2.05) is 41.4 Å². The Morgan fingerprint density at radius 1 is 1.19 bits per heavy atom. The number of hydrogen-bond donors (Lipinski definition) is 2. The third kappa shape index (κ3) is 4.60. The van der Waals surface area contributed by atoms with Crippen molar-refractivity contribution in [1.29, 1.82) is 0 Å². The molecule has 0 aliphatic carbocycles. The zero-order valence-electron chi connectivity index (χ0n) is 18.6. The SMILES string of the molecule is CCC1(S)C=NC=C(C(=O)N2CCC(c3ccc(F)cc3)CC2)C1Nc1ccccc1C. The first-order valence-electron chi connectivity index (χ1n) is 11.2. The zero-order chi connectivity index (χ0) is 22.7. The quantitative estimate of drug-likeness (QED) is 0.601. The number of carbonyl (C=O) groups excluding carboxylic acids is 1. The molecule has 2 aliphatic heterocycles. The van der Waals surface area contributed by atoms with Crippen LogP contribution in [-0.2, 0) is 4.79 Å². The minimum atomic E-state index is -0.561. The van der Waals surface area contributed by atoms with Gasteiger partial charge in [-0.3, -0.25) is 9.79 Å². The van der Waals surface area contributed by atoms with Crippen LogP contribution in [0.5, 0.6) is 0 Å². The first kappa shape index (κ1) is 22.6. The number of carbonyl (C=O) groups is 1. The zero-order valence-corrected chi connectivity index (χ0v) is 19.5. The standard InChI is InChI=1S/C26H30FN3OS/c1-3-26(32)17-28-16-22(24(26)29-23-7-5-4-6-18(23)2)25(31)30-14-12-20(13-15-30)19-8-10-21(27)11-9-19/h4-11,16-17,20,24,29,32H,3,12-15H2,1-2H3. The fraction of sp³-hybridized carbons (Fsp3) is 0.385. The number of halogens is 1. The molecule has 2 aromatic carbocycles. The molecule has 1 amide bonds. The molecule has 2 aromatic rings. The van der Waals surface area contributed by atoms with Crippen LogP contribution in [0.25, 0.3) is 0 Å². The molecule has 2 atom stereocenters. The Kier molecular flexibility index (Phi) is 6.70. The highest BCUT2D eigenvalue weighted by Gasteiger charge is 2.41. The maximum atomic E-state index is 13.6. The van der Waals surface area contributed by atoms with Gasteiger partial charge in [0.1, 0.15) is 5.82 Å². The summed E-state index contributed by atoms with van der Waals surface area (Å²) in [4.78, 5) is 19.9. The molecule has 1 fully saturated rings. The second kappa shape index (κ2) is 9.49. The first-order valence-corrected chi connectivity index (χ1v) is 11.7. The number of nitrogens with one attached hydrogen (secondary N) is 1. The topological polar surface area (TPSA) is 44.7 Å². The average Bonchev–Trinajstić information content (AvgIpc) is 2.82. The van der Waals surface area contributed by atoms with Gasteiger partial charge in [0.2, 0.25) is 0 Å². The number of para-hydroxylation sites is 1. The third-order valence-corrected chi connectivity index (χ3v) is 7.39. The third-order valence-electron chi connectivity index (χ3n) is 6.70. The van der Waals surface area contributed by atoms with Gasteiger partial charge < -0.3 is 10.2 Å². The van der Waals surface area contributed by atoms with Crippen molar-refractivity contribution in [2.75, 3.05) is 18.4 Å². The Bertz CT molecular complexity index is 1030. The van der Waals surface area contributed by atoms with Crippen LogP contribution in [0.4, 0.5) is 10.1 Å². The van der Waals surface area contributed by atoms with Crippen molar-refractivity contribution in [3.8, 4) is 0 Å². The van der Waals surface area contributed by atoms with Crippen LogP contribution in [0.3, 0.4) is 0 Å². The Balaban J connectivity index is 1.51. The molecule has 168 valence electrons. The Hall–Kier alpha value is -2.60. The number of likely N-dealkylation sites (tertiary alicyclic amines) is 1. The van der Waals surface area contributed by atoms with Crippen molar-refractivity contribution in [2.24, 2.45) is 4.99 Å². The van der Waals surface area contributed by atoms with Gasteiger partial charge in [0.05, 0.1) is 16.4 Å². The lowest BCUT2D eigenvalue weighted by Gasteiger charge is -2.40. The van der Waals surface area contributed by atoms with E-state index in [2.05, 4.69) is 30.2 Å². The van der Waals surface area contributed by atoms with Gasteiger partial charge in [0.25, 0.3) is 5.91 Å². The molecular weight excluding hydrogens is 421 g/mol. The number of piperidine rings is 1. The minimum Gasteiger partial charge on any atom is -0.376 e.